The van der Waals surface area contributed by atoms with Gasteiger partial charge in [0.1, 0.15) is 24.2 Å². The van der Waals surface area contributed by atoms with Gasteiger partial charge in [0.15, 0.2) is 5.76 Å². The normalized spacial score (nSPS) is 10.5. The third kappa shape index (κ3) is 4.47. The van der Waals surface area contributed by atoms with Gasteiger partial charge in [-0.3, -0.25) is 0 Å². The monoisotopic (exact) mass is 385 g/mol. The van der Waals surface area contributed by atoms with Crippen LogP contribution in [-0.4, -0.2) is 4.98 Å². The molecule has 0 spiro atoms. The summed E-state index contributed by atoms with van der Waals surface area (Å²) in [7, 11) is 0. The molecule has 29 heavy (non-hydrogen) atoms. The van der Waals surface area contributed by atoms with E-state index < -0.39 is 0 Å². The van der Waals surface area contributed by atoms with Gasteiger partial charge in [-0.1, -0.05) is 48.0 Å². The minimum absolute atomic E-state index is 0.186. The molecule has 0 amide bonds. The van der Waals surface area contributed by atoms with Crippen LogP contribution < -0.4 is 10.1 Å². The topological polar surface area (TPSA) is 84.2 Å². The minimum atomic E-state index is 0.186. The van der Waals surface area contributed by atoms with Crippen molar-refractivity contribution < 1.29 is 13.6 Å². The molecule has 2 aromatic heterocycles. The number of nitrogens with one attached hydrogen (secondary N) is 1. The van der Waals surface area contributed by atoms with Gasteiger partial charge >= 0.3 is 0 Å². The Labute approximate surface area is 168 Å². The Balaban J connectivity index is 1.44. The number of aromatic nitrogens is 1. The van der Waals surface area contributed by atoms with Gasteiger partial charge in [-0.15, -0.1) is 0 Å². The smallest absolute Gasteiger partial charge is 0.266 e. The van der Waals surface area contributed by atoms with Crippen LogP contribution in [0.3, 0.4) is 0 Å². The van der Waals surface area contributed by atoms with E-state index in [1.165, 1.54) is 5.56 Å². The summed E-state index contributed by atoms with van der Waals surface area (Å²) >= 11 is 0. The van der Waals surface area contributed by atoms with E-state index in [4.69, 9.17) is 13.6 Å². The maximum absolute atomic E-state index is 9.36. The molecule has 0 bridgehead atoms. The zero-order valence-electron chi connectivity index (χ0n) is 15.9. The number of anilines is 1. The Bertz CT molecular complexity index is 1120. The van der Waals surface area contributed by atoms with Gasteiger partial charge in [0, 0.05) is 6.54 Å². The molecule has 0 fully saturated rings. The first-order chi connectivity index (χ1) is 14.2. The molecule has 2 heterocycles. The highest BCUT2D eigenvalue weighted by molar-refractivity contribution is 5.54. The van der Waals surface area contributed by atoms with E-state index in [0.717, 1.165) is 11.3 Å². The number of nitrogens with zero attached hydrogens (tertiary/aromatic N) is 2. The molecular formula is C23H19N3O3. The number of hydrogen-bond acceptors (Lipinski definition) is 6. The van der Waals surface area contributed by atoms with Gasteiger partial charge in [-0.05, 0) is 36.8 Å². The van der Waals surface area contributed by atoms with Gasteiger partial charge in [-0.2, -0.15) is 10.2 Å². The number of ether oxygens (including phenoxy) is 1. The van der Waals surface area contributed by atoms with E-state index in [-0.39, 0.29) is 18.2 Å². The van der Waals surface area contributed by atoms with Gasteiger partial charge in [-0.25, -0.2) is 0 Å². The molecule has 144 valence electrons. The summed E-state index contributed by atoms with van der Waals surface area (Å²) in [4.78, 5) is 4.23. The summed E-state index contributed by atoms with van der Waals surface area (Å²) in [5.74, 6) is 2.41. The Hall–Kier alpha value is -3.98. The zero-order chi connectivity index (χ0) is 20.1. The number of benzene rings is 2. The molecule has 4 rings (SSSR count). The molecule has 6 nitrogen and oxygen atoms in total. The second kappa shape index (κ2) is 8.36. The van der Waals surface area contributed by atoms with Crippen molar-refractivity contribution in [2.75, 3.05) is 5.32 Å². The molecule has 0 aliphatic carbocycles. The molecule has 1 N–H and O–H groups in total. The molecule has 0 saturated heterocycles. The summed E-state index contributed by atoms with van der Waals surface area (Å²) < 4.78 is 17.2. The minimum Gasteiger partial charge on any atom is -0.486 e. The molecule has 2 aromatic carbocycles. The second-order valence-electron chi connectivity index (χ2n) is 6.52. The van der Waals surface area contributed by atoms with E-state index in [1.807, 2.05) is 61.5 Å². The molecule has 0 radical (unpaired) electrons. The zero-order valence-corrected chi connectivity index (χ0v) is 15.9. The van der Waals surface area contributed by atoms with Crippen LogP contribution in [-0.2, 0) is 13.2 Å². The van der Waals surface area contributed by atoms with Crippen LogP contribution in [0.15, 0.2) is 75.6 Å². The van der Waals surface area contributed by atoms with E-state index in [9.17, 15) is 5.26 Å². The molecule has 0 aliphatic heterocycles. The fraction of sp³-hybridized carbons (Fsp3) is 0.130. The first kappa shape index (κ1) is 18.4. The molecule has 0 atom stereocenters. The van der Waals surface area contributed by atoms with Crippen LogP contribution in [0.4, 0.5) is 5.88 Å². The van der Waals surface area contributed by atoms with Crippen molar-refractivity contribution in [2.45, 2.75) is 20.1 Å². The summed E-state index contributed by atoms with van der Waals surface area (Å²) in [6.07, 6.45) is 0. The maximum atomic E-state index is 9.36. The Morgan fingerprint density at radius 1 is 1.00 bits per heavy atom. The molecular weight excluding hydrogens is 366 g/mol. The van der Waals surface area contributed by atoms with Crippen molar-refractivity contribution in [2.24, 2.45) is 0 Å². The summed E-state index contributed by atoms with van der Waals surface area (Å²) in [5, 5.41) is 12.5. The average Bonchev–Trinajstić information content (AvgIpc) is 3.39. The van der Waals surface area contributed by atoms with Crippen molar-refractivity contribution in [3.63, 3.8) is 0 Å². The first-order valence-electron chi connectivity index (χ1n) is 9.18. The molecule has 0 unspecified atom stereocenters. The van der Waals surface area contributed by atoms with Crippen LogP contribution in [0.5, 0.6) is 5.75 Å². The lowest BCUT2D eigenvalue weighted by Gasteiger charge is -2.03. The molecule has 0 aliphatic rings. The third-order valence-corrected chi connectivity index (χ3v) is 4.30. The third-order valence-electron chi connectivity index (χ3n) is 4.30. The predicted octanol–water partition coefficient (Wildman–Crippen LogP) is 5.31. The standard InChI is InChI=1S/C23H19N3O3/c1-16-7-9-17(10-8-16)14-25-22-20(13-24)26-23(29-22)21-12-11-19(28-21)15-27-18-5-3-2-4-6-18/h2-12,25H,14-15H2,1H3. The van der Waals surface area contributed by atoms with E-state index >= 15 is 0 Å². The number of oxazole rings is 1. The quantitative estimate of drug-likeness (QED) is 0.464. The lowest BCUT2D eigenvalue weighted by molar-refractivity contribution is 0.271. The van der Waals surface area contributed by atoms with Crippen LogP contribution >= 0.6 is 0 Å². The lowest BCUT2D eigenvalue weighted by Crippen LogP contribution is -1.99. The molecule has 0 saturated carbocycles. The number of furan rings is 1. The van der Waals surface area contributed by atoms with Crippen LogP contribution in [0.2, 0.25) is 0 Å². The summed E-state index contributed by atoms with van der Waals surface area (Å²) in [5.41, 5.74) is 2.46. The number of hydrogen-bond donors (Lipinski definition) is 1. The van der Waals surface area contributed by atoms with Crippen molar-refractivity contribution >= 4 is 5.88 Å². The Kier molecular flexibility index (Phi) is 5.30. The van der Waals surface area contributed by atoms with Crippen molar-refractivity contribution in [3.05, 3.63) is 89.3 Å². The van der Waals surface area contributed by atoms with Gasteiger partial charge < -0.3 is 18.9 Å². The average molecular weight is 385 g/mol. The van der Waals surface area contributed by atoms with Gasteiger partial charge in [0.25, 0.3) is 5.89 Å². The SMILES string of the molecule is Cc1ccc(CNc2oc(-c3ccc(COc4ccccc4)o3)nc2C#N)cc1. The lowest BCUT2D eigenvalue weighted by atomic mass is 10.1. The number of rotatable bonds is 7. The Morgan fingerprint density at radius 3 is 2.55 bits per heavy atom. The Morgan fingerprint density at radius 2 is 1.79 bits per heavy atom. The van der Waals surface area contributed by atoms with Gasteiger partial charge in [0.05, 0.1) is 0 Å². The van der Waals surface area contributed by atoms with Gasteiger partial charge in [0.2, 0.25) is 11.6 Å². The summed E-state index contributed by atoms with van der Waals surface area (Å²) in [6.45, 7) is 2.85. The fourth-order valence-electron chi connectivity index (χ4n) is 2.75. The van der Waals surface area contributed by atoms with Crippen molar-refractivity contribution in [3.8, 4) is 23.5 Å². The van der Waals surface area contributed by atoms with E-state index in [0.29, 0.717) is 23.9 Å². The number of aryl methyl sites for hydroxylation is 1. The number of para-hydroxylation sites is 1. The van der Waals surface area contributed by atoms with E-state index in [1.54, 1.807) is 12.1 Å². The molecule has 4 aromatic rings. The number of nitriles is 1. The predicted molar refractivity (Wildman–Crippen MR) is 108 cm³/mol. The highest BCUT2D eigenvalue weighted by atomic mass is 16.5. The van der Waals surface area contributed by atoms with Crippen LogP contribution in [0.25, 0.3) is 11.7 Å². The highest BCUT2D eigenvalue weighted by Gasteiger charge is 2.17. The van der Waals surface area contributed by atoms with Crippen LogP contribution in [0.1, 0.15) is 22.6 Å². The van der Waals surface area contributed by atoms with Crippen molar-refractivity contribution in [1.82, 2.24) is 4.98 Å². The van der Waals surface area contributed by atoms with Crippen LogP contribution in [0, 0.1) is 18.3 Å². The maximum Gasteiger partial charge on any atom is 0.266 e. The first-order valence-corrected chi connectivity index (χ1v) is 9.18. The largest absolute Gasteiger partial charge is 0.486 e. The molecule has 6 heteroatoms. The van der Waals surface area contributed by atoms with E-state index in [2.05, 4.69) is 16.4 Å². The van der Waals surface area contributed by atoms with Crippen molar-refractivity contribution in [1.29, 1.82) is 5.26 Å². The highest BCUT2D eigenvalue weighted by Crippen LogP contribution is 2.27. The fourth-order valence-corrected chi connectivity index (χ4v) is 2.75. The second-order valence-corrected chi connectivity index (χ2v) is 6.52. The summed E-state index contributed by atoms with van der Waals surface area (Å²) in [6, 6.07) is 23.2.